The normalized spacial score (nSPS) is 19.8. The van der Waals surface area contributed by atoms with Gasteiger partial charge in [0.15, 0.2) is 0 Å². The van der Waals surface area contributed by atoms with Gasteiger partial charge in [0.05, 0.1) is 0 Å². The third-order valence-electron chi connectivity index (χ3n) is 2.31. The van der Waals surface area contributed by atoms with E-state index in [2.05, 4.69) is 18.4 Å². The highest BCUT2D eigenvalue weighted by atomic mass is 16.5. The zero-order chi connectivity index (χ0) is 9.03. The van der Waals surface area contributed by atoms with E-state index in [1.165, 1.54) is 12.8 Å². The molecule has 0 aromatic rings. The Balaban J connectivity index is 2.69. The molecule has 0 saturated heterocycles. The van der Waals surface area contributed by atoms with E-state index in [0.717, 1.165) is 18.4 Å². The molecule has 0 heterocycles. The highest BCUT2D eigenvalue weighted by molar-refractivity contribution is 5.28. The van der Waals surface area contributed by atoms with Crippen molar-refractivity contribution >= 4 is 0 Å². The average Bonchev–Trinajstić information content (AvgIpc) is 2.50. The second-order valence-corrected chi connectivity index (χ2v) is 3.44. The van der Waals surface area contributed by atoms with Crippen LogP contribution in [0.25, 0.3) is 0 Å². The fourth-order valence-corrected chi connectivity index (χ4v) is 1.55. The molecule has 1 aliphatic carbocycles. The number of ether oxygens (including phenoxy) is 1. The van der Waals surface area contributed by atoms with E-state index >= 15 is 0 Å². The van der Waals surface area contributed by atoms with Crippen LogP contribution in [0.3, 0.4) is 0 Å². The molecule has 0 N–H and O–H groups in total. The lowest BCUT2D eigenvalue weighted by molar-refractivity contribution is 0.0474. The molecular weight excluding hydrogens is 148 g/mol. The fraction of sp³-hybridized carbons (Fsp3) is 0.636. The van der Waals surface area contributed by atoms with Gasteiger partial charge in [-0.3, -0.25) is 0 Å². The van der Waals surface area contributed by atoms with Gasteiger partial charge in [-0.05, 0) is 38.2 Å². The van der Waals surface area contributed by atoms with Crippen molar-refractivity contribution in [2.24, 2.45) is 0 Å². The van der Waals surface area contributed by atoms with Crippen molar-refractivity contribution in [2.75, 3.05) is 7.11 Å². The molecule has 0 aromatic carbocycles. The van der Waals surface area contributed by atoms with Gasteiger partial charge in [0.2, 0.25) is 0 Å². The summed E-state index contributed by atoms with van der Waals surface area (Å²) < 4.78 is 5.43. The predicted molar refractivity (Wildman–Crippen MR) is 50.8 cm³/mol. The van der Waals surface area contributed by atoms with Crippen LogP contribution in [0.1, 0.15) is 32.6 Å². The number of methoxy groups -OCH3 is 1. The fourth-order valence-electron chi connectivity index (χ4n) is 1.55. The van der Waals surface area contributed by atoms with Gasteiger partial charge in [0.25, 0.3) is 0 Å². The van der Waals surface area contributed by atoms with Crippen molar-refractivity contribution in [2.45, 2.75) is 38.2 Å². The summed E-state index contributed by atoms with van der Waals surface area (Å²) in [5.41, 5.74) is 0.761. The molecule has 0 aromatic heterocycles. The molecule has 0 atom stereocenters. The first-order valence-corrected chi connectivity index (χ1v) is 4.42. The van der Waals surface area contributed by atoms with E-state index in [9.17, 15) is 0 Å². The van der Waals surface area contributed by atoms with E-state index in [0.29, 0.717) is 0 Å². The first kappa shape index (κ1) is 9.35. The van der Waals surface area contributed by atoms with Gasteiger partial charge in [-0.1, -0.05) is 18.4 Å². The minimum atomic E-state index is -0.154. The van der Waals surface area contributed by atoms with Crippen molar-refractivity contribution in [1.82, 2.24) is 0 Å². The number of rotatable bonds is 1. The van der Waals surface area contributed by atoms with Gasteiger partial charge in [-0.15, -0.1) is 0 Å². The number of hydrogen-bond donors (Lipinski definition) is 0. The lowest BCUT2D eigenvalue weighted by Crippen LogP contribution is -2.24. The molecule has 0 aliphatic heterocycles. The third kappa shape index (κ3) is 2.12. The van der Waals surface area contributed by atoms with Crippen LogP contribution in [0.15, 0.2) is 12.2 Å². The van der Waals surface area contributed by atoms with Crippen LogP contribution in [0.5, 0.6) is 0 Å². The highest BCUT2D eigenvalue weighted by Crippen LogP contribution is 2.31. The largest absolute Gasteiger partial charge is 0.366 e. The summed E-state index contributed by atoms with van der Waals surface area (Å²) in [4.78, 5) is 0. The van der Waals surface area contributed by atoms with Crippen LogP contribution in [0.4, 0.5) is 0 Å². The maximum Gasteiger partial charge on any atom is 0.128 e. The maximum atomic E-state index is 5.43. The Morgan fingerprint density at radius 3 is 2.42 bits per heavy atom. The average molecular weight is 164 g/mol. The van der Waals surface area contributed by atoms with Gasteiger partial charge in [-0.25, -0.2) is 0 Å². The minimum Gasteiger partial charge on any atom is -0.366 e. The van der Waals surface area contributed by atoms with E-state index in [-0.39, 0.29) is 5.60 Å². The molecule has 1 heteroatoms. The first-order valence-electron chi connectivity index (χ1n) is 4.42. The zero-order valence-electron chi connectivity index (χ0n) is 7.94. The van der Waals surface area contributed by atoms with E-state index in [4.69, 9.17) is 4.74 Å². The Morgan fingerprint density at radius 2 is 2.00 bits per heavy atom. The minimum absolute atomic E-state index is 0.154. The van der Waals surface area contributed by atoms with Gasteiger partial charge >= 0.3 is 0 Å². The second kappa shape index (κ2) is 3.78. The summed E-state index contributed by atoms with van der Waals surface area (Å²) >= 11 is 0. The molecule has 0 spiro atoms. The Morgan fingerprint density at radius 1 is 1.42 bits per heavy atom. The molecule has 1 rings (SSSR count). The number of hydrogen-bond acceptors (Lipinski definition) is 1. The van der Waals surface area contributed by atoms with Crippen molar-refractivity contribution in [1.29, 1.82) is 0 Å². The van der Waals surface area contributed by atoms with Crippen molar-refractivity contribution in [3.8, 4) is 11.8 Å². The Hall–Kier alpha value is -0.740. The molecule has 1 nitrogen and oxygen atoms in total. The first-order chi connectivity index (χ1) is 5.68. The molecule has 12 heavy (non-hydrogen) atoms. The summed E-state index contributed by atoms with van der Waals surface area (Å²) in [6, 6.07) is 0. The second-order valence-electron chi connectivity index (χ2n) is 3.44. The standard InChI is InChI=1S/C11H16O/c1-10(2)6-9-11(12-3)7-4-5-8-11/h1,4-5,7-8H2,2-3H3. The smallest absolute Gasteiger partial charge is 0.128 e. The zero-order valence-corrected chi connectivity index (χ0v) is 7.94. The van der Waals surface area contributed by atoms with Gasteiger partial charge in [0.1, 0.15) is 5.60 Å². The van der Waals surface area contributed by atoms with Gasteiger partial charge < -0.3 is 4.74 Å². The van der Waals surface area contributed by atoms with Crippen LogP contribution in [-0.2, 0) is 4.74 Å². The Labute approximate surface area is 74.8 Å². The molecule has 1 saturated carbocycles. The Bertz CT molecular complexity index is 223. The molecule has 66 valence electrons. The monoisotopic (exact) mass is 164 g/mol. The molecule has 0 amide bonds. The Kier molecular flexibility index (Phi) is 2.94. The van der Waals surface area contributed by atoms with Crippen LogP contribution in [0, 0.1) is 11.8 Å². The van der Waals surface area contributed by atoms with E-state index < -0.39 is 0 Å². The van der Waals surface area contributed by atoms with Crippen LogP contribution < -0.4 is 0 Å². The summed E-state index contributed by atoms with van der Waals surface area (Å²) in [5.74, 6) is 6.18. The lowest BCUT2D eigenvalue weighted by atomic mass is 10.0. The quantitative estimate of drug-likeness (QED) is 0.541. The SMILES string of the molecule is C=C(C)C#CC1(OC)CCCC1. The van der Waals surface area contributed by atoms with Gasteiger partial charge in [0, 0.05) is 7.11 Å². The van der Waals surface area contributed by atoms with Crippen molar-refractivity contribution < 1.29 is 4.74 Å². The highest BCUT2D eigenvalue weighted by Gasteiger charge is 2.31. The third-order valence-corrected chi connectivity index (χ3v) is 2.31. The van der Waals surface area contributed by atoms with E-state index in [1.807, 2.05) is 6.92 Å². The van der Waals surface area contributed by atoms with Crippen LogP contribution in [-0.4, -0.2) is 12.7 Å². The van der Waals surface area contributed by atoms with Crippen LogP contribution >= 0.6 is 0 Å². The maximum absolute atomic E-state index is 5.43. The summed E-state index contributed by atoms with van der Waals surface area (Å²) in [6.07, 6.45) is 4.62. The number of allylic oxidation sites excluding steroid dienone is 1. The van der Waals surface area contributed by atoms with Crippen LogP contribution in [0.2, 0.25) is 0 Å². The summed E-state index contributed by atoms with van der Waals surface area (Å²) in [6.45, 7) is 5.67. The predicted octanol–water partition coefficient (Wildman–Crippen LogP) is 2.53. The summed E-state index contributed by atoms with van der Waals surface area (Å²) in [5, 5.41) is 0. The lowest BCUT2D eigenvalue weighted by Gasteiger charge is -2.19. The summed E-state index contributed by atoms with van der Waals surface area (Å²) in [7, 11) is 1.75. The molecule has 0 bridgehead atoms. The van der Waals surface area contributed by atoms with Crippen molar-refractivity contribution in [3.63, 3.8) is 0 Å². The molecular formula is C11H16O. The van der Waals surface area contributed by atoms with Crippen molar-refractivity contribution in [3.05, 3.63) is 12.2 Å². The molecule has 0 unspecified atom stereocenters. The molecule has 1 aliphatic rings. The molecule has 1 fully saturated rings. The molecule has 0 radical (unpaired) electrons. The van der Waals surface area contributed by atoms with E-state index in [1.54, 1.807) is 7.11 Å². The topological polar surface area (TPSA) is 9.23 Å². The van der Waals surface area contributed by atoms with Gasteiger partial charge in [-0.2, -0.15) is 0 Å².